The van der Waals surface area contributed by atoms with E-state index in [4.69, 9.17) is 0 Å². The number of amides is 1. The molecular formula is C12H18N2OS. The van der Waals surface area contributed by atoms with Crippen LogP contribution in [0, 0.1) is 5.92 Å². The lowest BCUT2D eigenvalue weighted by Crippen LogP contribution is -2.37. The molecule has 1 aliphatic rings. The smallest absolute Gasteiger partial charge is 0.254 e. The highest BCUT2D eigenvalue weighted by Crippen LogP contribution is 2.15. The lowest BCUT2D eigenvalue weighted by molar-refractivity contribution is 0.0763. The summed E-state index contributed by atoms with van der Waals surface area (Å²) < 4.78 is 0. The van der Waals surface area contributed by atoms with Gasteiger partial charge in [-0.2, -0.15) is 11.3 Å². The van der Waals surface area contributed by atoms with Crippen LogP contribution in [0.2, 0.25) is 0 Å². The van der Waals surface area contributed by atoms with E-state index in [-0.39, 0.29) is 5.91 Å². The number of nitrogens with zero attached hydrogens (tertiary/aromatic N) is 1. The van der Waals surface area contributed by atoms with Crippen LogP contribution in [0.15, 0.2) is 16.8 Å². The molecule has 0 saturated carbocycles. The average molecular weight is 238 g/mol. The Labute approximate surface area is 100 Å². The highest BCUT2D eigenvalue weighted by molar-refractivity contribution is 7.08. The van der Waals surface area contributed by atoms with Crippen LogP contribution in [-0.4, -0.2) is 37.5 Å². The van der Waals surface area contributed by atoms with Crippen LogP contribution in [0.3, 0.4) is 0 Å². The lowest BCUT2D eigenvalue weighted by atomic mass is 9.97. The van der Waals surface area contributed by atoms with Crippen LogP contribution in [0.25, 0.3) is 0 Å². The first-order valence-corrected chi connectivity index (χ1v) is 6.70. The molecule has 2 rings (SSSR count). The Kier molecular flexibility index (Phi) is 3.96. The second-order valence-corrected chi connectivity index (χ2v) is 5.17. The quantitative estimate of drug-likeness (QED) is 0.871. The maximum atomic E-state index is 12.0. The molecule has 1 amide bonds. The van der Waals surface area contributed by atoms with Gasteiger partial charge in [0, 0.05) is 19.0 Å². The molecular weight excluding hydrogens is 220 g/mol. The number of thiophene rings is 1. The summed E-state index contributed by atoms with van der Waals surface area (Å²) in [5.74, 6) is 0.814. The van der Waals surface area contributed by atoms with E-state index < -0.39 is 0 Å². The summed E-state index contributed by atoms with van der Waals surface area (Å²) in [6.07, 6.45) is 2.36. The summed E-state index contributed by atoms with van der Waals surface area (Å²) in [5, 5.41) is 7.21. The molecule has 1 aromatic rings. The highest BCUT2D eigenvalue weighted by atomic mass is 32.1. The van der Waals surface area contributed by atoms with Gasteiger partial charge < -0.3 is 10.2 Å². The van der Waals surface area contributed by atoms with E-state index in [1.165, 1.54) is 12.8 Å². The van der Waals surface area contributed by atoms with Crippen molar-refractivity contribution in [3.63, 3.8) is 0 Å². The van der Waals surface area contributed by atoms with Gasteiger partial charge >= 0.3 is 0 Å². The summed E-state index contributed by atoms with van der Waals surface area (Å²) in [6, 6.07) is 1.89. The van der Waals surface area contributed by atoms with E-state index in [0.717, 1.165) is 25.2 Å². The van der Waals surface area contributed by atoms with Gasteiger partial charge in [-0.3, -0.25) is 4.79 Å². The third kappa shape index (κ3) is 2.83. The molecule has 16 heavy (non-hydrogen) atoms. The van der Waals surface area contributed by atoms with Gasteiger partial charge in [0.15, 0.2) is 0 Å². The molecule has 1 aliphatic heterocycles. The fourth-order valence-corrected chi connectivity index (χ4v) is 2.77. The van der Waals surface area contributed by atoms with E-state index in [0.29, 0.717) is 5.92 Å². The Hall–Kier alpha value is -0.870. The predicted octanol–water partition coefficient (Wildman–Crippen LogP) is 1.82. The third-order valence-corrected chi connectivity index (χ3v) is 3.79. The van der Waals surface area contributed by atoms with E-state index in [1.807, 2.05) is 28.8 Å². The minimum Gasteiger partial charge on any atom is -0.341 e. The van der Waals surface area contributed by atoms with Crippen LogP contribution in [0.4, 0.5) is 0 Å². The van der Waals surface area contributed by atoms with Crippen molar-refractivity contribution in [1.82, 2.24) is 10.2 Å². The molecule has 88 valence electrons. The Morgan fingerprint density at radius 2 is 2.31 bits per heavy atom. The standard InChI is InChI=1S/C12H18N2OS/c1-14(8-10-2-5-13-6-3-10)12(15)11-4-7-16-9-11/h4,7,9-10,13H,2-3,5-6,8H2,1H3. The number of hydrogen-bond acceptors (Lipinski definition) is 3. The topological polar surface area (TPSA) is 32.3 Å². The molecule has 2 heterocycles. The molecule has 0 radical (unpaired) electrons. The third-order valence-electron chi connectivity index (χ3n) is 3.11. The molecule has 0 spiro atoms. The Bertz CT molecular complexity index is 331. The van der Waals surface area contributed by atoms with Crippen LogP contribution < -0.4 is 5.32 Å². The Morgan fingerprint density at radius 3 is 2.94 bits per heavy atom. The molecule has 1 N–H and O–H groups in total. The van der Waals surface area contributed by atoms with Crippen LogP contribution in [-0.2, 0) is 0 Å². The van der Waals surface area contributed by atoms with Crippen molar-refractivity contribution < 1.29 is 4.79 Å². The summed E-state index contributed by atoms with van der Waals surface area (Å²) >= 11 is 1.57. The van der Waals surface area contributed by atoms with Gasteiger partial charge in [-0.25, -0.2) is 0 Å². The maximum Gasteiger partial charge on any atom is 0.254 e. The molecule has 0 atom stereocenters. The van der Waals surface area contributed by atoms with Crippen molar-refractivity contribution in [2.45, 2.75) is 12.8 Å². The van der Waals surface area contributed by atoms with E-state index >= 15 is 0 Å². The van der Waals surface area contributed by atoms with Crippen molar-refractivity contribution in [2.24, 2.45) is 5.92 Å². The minimum absolute atomic E-state index is 0.153. The summed E-state index contributed by atoms with van der Waals surface area (Å²) in [6.45, 7) is 3.06. The second kappa shape index (κ2) is 5.46. The normalized spacial score (nSPS) is 17.3. The van der Waals surface area contributed by atoms with E-state index in [9.17, 15) is 4.79 Å². The summed E-state index contributed by atoms with van der Waals surface area (Å²) in [7, 11) is 1.90. The van der Waals surface area contributed by atoms with Gasteiger partial charge in [-0.05, 0) is 43.3 Å². The molecule has 3 nitrogen and oxygen atoms in total. The van der Waals surface area contributed by atoms with Crippen LogP contribution >= 0.6 is 11.3 Å². The van der Waals surface area contributed by atoms with Gasteiger partial charge in [0.05, 0.1) is 5.56 Å². The largest absolute Gasteiger partial charge is 0.341 e. The SMILES string of the molecule is CN(CC1CCNCC1)C(=O)c1ccsc1. The summed E-state index contributed by atoms with van der Waals surface area (Å²) in [5.41, 5.74) is 0.821. The maximum absolute atomic E-state index is 12.0. The molecule has 0 aromatic carbocycles. The highest BCUT2D eigenvalue weighted by Gasteiger charge is 2.18. The second-order valence-electron chi connectivity index (χ2n) is 4.39. The number of carbonyl (C=O) groups excluding carboxylic acids is 1. The zero-order valence-corrected chi connectivity index (χ0v) is 10.4. The Balaban J connectivity index is 1.87. The van der Waals surface area contributed by atoms with Gasteiger partial charge in [0.25, 0.3) is 5.91 Å². The predicted molar refractivity (Wildman–Crippen MR) is 66.9 cm³/mol. The van der Waals surface area contributed by atoms with Crippen molar-refractivity contribution in [3.05, 3.63) is 22.4 Å². The zero-order valence-electron chi connectivity index (χ0n) is 9.61. The average Bonchev–Trinajstić information content (AvgIpc) is 2.83. The van der Waals surface area contributed by atoms with E-state index in [1.54, 1.807) is 11.3 Å². The minimum atomic E-state index is 0.153. The van der Waals surface area contributed by atoms with Gasteiger partial charge in [-0.1, -0.05) is 0 Å². The molecule has 0 bridgehead atoms. The number of rotatable bonds is 3. The van der Waals surface area contributed by atoms with Crippen molar-refractivity contribution in [2.75, 3.05) is 26.7 Å². The Morgan fingerprint density at radius 1 is 1.56 bits per heavy atom. The number of nitrogens with one attached hydrogen (secondary N) is 1. The monoisotopic (exact) mass is 238 g/mol. The fraction of sp³-hybridized carbons (Fsp3) is 0.583. The molecule has 1 saturated heterocycles. The van der Waals surface area contributed by atoms with Crippen LogP contribution in [0.5, 0.6) is 0 Å². The first-order chi connectivity index (χ1) is 7.77. The van der Waals surface area contributed by atoms with Crippen molar-refractivity contribution in [3.8, 4) is 0 Å². The molecule has 4 heteroatoms. The molecule has 0 aliphatic carbocycles. The molecule has 1 fully saturated rings. The van der Waals surface area contributed by atoms with Crippen molar-refractivity contribution in [1.29, 1.82) is 0 Å². The fourth-order valence-electron chi connectivity index (χ4n) is 2.14. The zero-order chi connectivity index (χ0) is 11.4. The van der Waals surface area contributed by atoms with Crippen molar-refractivity contribution >= 4 is 17.2 Å². The van der Waals surface area contributed by atoms with Crippen LogP contribution in [0.1, 0.15) is 23.2 Å². The lowest BCUT2D eigenvalue weighted by Gasteiger charge is -2.27. The van der Waals surface area contributed by atoms with Gasteiger partial charge in [0.1, 0.15) is 0 Å². The number of carbonyl (C=O) groups is 1. The number of piperidine rings is 1. The van der Waals surface area contributed by atoms with E-state index in [2.05, 4.69) is 5.32 Å². The number of hydrogen-bond donors (Lipinski definition) is 1. The van der Waals surface area contributed by atoms with Gasteiger partial charge in [-0.15, -0.1) is 0 Å². The first kappa shape index (κ1) is 11.6. The van der Waals surface area contributed by atoms with Gasteiger partial charge in [0.2, 0.25) is 0 Å². The molecule has 0 unspecified atom stereocenters. The molecule has 1 aromatic heterocycles. The first-order valence-electron chi connectivity index (χ1n) is 5.76. The summed E-state index contributed by atoms with van der Waals surface area (Å²) in [4.78, 5) is 13.9.